The normalized spacial score (nSPS) is 9.31. The van der Waals surface area contributed by atoms with Gasteiger partial charge < -0.3 is 5.32 Å². The molecule has 0 amide bonds. The number of benzene rings is 1. The van der Waals surface area contributed by atoms with Gasteiger partial charge in [-0.2, -0.15) is 5.26 Å². The molecule has 68 valence electrons. The average molecular weight is 174 g/mol. The fourth-order valence-corrected chi connectivity index (χ4v) is 1.16. The zero-order valence-electron chi connectivity index (χ0n) is 8.09. The highest BCUT2D eigenvalue weighted by atomic mass is 14.9. The van der Waals surface area contributed by atoms with Crippen molar-refractivity contribution in [1.82, 2.24) is 0 Å². The summed E-state index contributed by atoms with van der Waals surface area (Å²) in [5.74, 6) is 0. The zero-order chi connectivity index (χ0) is 9.68. The van der Waals surface area contributed by atoms with E-state index in [1.54, 1.807) is 0 Å². The Labute approximate surface area is 79.2 Å². The van der Waals surface area contributed by atoms with E-state index in [2.05, 4.69) is 18.3 Å². The van der Waals surface area contributed by atoms with Gasteiger partial charge in [0.25, 0.3) is 0 Å². The van der Waals surface area contributed by atoms with Crippen molar-refractivity contribution >= 4 is 5.69 Å². The summed E-state index contributed by atoms with van der Waals surface area (Å²) in [5.41, 5.74) is 2.85. The van der Waals surface area contributed by atoms with Crippen LogP contribution in [-0.4, -0.2) is 6.54 Å². The summed E-state index contributed by atoms with van der Waals surface area (Å²) in [7, 11) is 0. The molecule has 0 radical (unpaired) electrons. The molecule has 0 heterocycles. The summed E-state index contributed by atoms with van der Waals surface area (Å²) in [6.45, 7) is 5.05. The van der Waals surface area contributed by atoms with Crippen LogP contribution in [0.2, 0.25) is 0 Å². The lowest BCUT2D eigenvalue weighted by Crippen LogP contribution is -2.01. The van der Waals surface area contributed by atoms with E-state index in [-0.39, 0.29) is 0 Å². The first-order valence-corrected chi connectivity index (χ1v) is 4.52. The van der Waals surface area contributed by atoms with Crippen molar-refractivity contribution in [2.75, 3.05) is 11.9 Å². The van der Waals surface area contributed by atoms with Crippen LogP contribution in [0.15, 0.2) is 18.2 Å². The van der Waals surface area contributed by atoms with Gasteiger partial charge in [0.1, 0.15) is 6.07 Å². The Morgan fingerprint density at radius 2 is 2.23 bits per heavy atom. The minimum atomic E-state index is 0.721. The van der Waals surface area contributed by atoms with Crippen LogP contribution in [-0.2, 0) is 0 Å². The van der Waals surface area contributed by atoms with Gasteiger partial charge in [-0.15, -0.1) is 0 Å². The van der Waals surface area contributed by atoms with Crippen molar-refractivity contribution in [2.24, 2.45) is 0 Å². The van der Waals surface area contributed by atoms with Gasteiger partial charge in [-0.05, 0) is 31.0 Å². The van der Waals surface area contributed by atoms with Crippen molar-refractivity contribution in [3.05, 3.63) is 29.3 Å². The van der Waals surface area contributed by atoms with Crippen molar-refractivity contribution < 1.29 is 0 Å². The molecule has 0 atom stereocenters. The van der Waals surface area contributed by atoms with E-state index in [9.17, 15) is 0 Å². The van der Waals surface area contributed by atoms with Gasteiger partial charge in [-0.3, -0.25) is 0 Å². The Bertz CT molecular complexity index is 323. The van der Waals surface area contributed by atoms with Crippen LogP contribution >= 0.6 is 0 Å². The summed E-state index contributed by atoms with van der Waals surface area (Å²) < 4.78 is 0. The highest BCUT2D eigenvalue weighted by Gasteiger charge is 1.99. The van der Waals surface area contributed by atoms with Crippen LogP contribution in [0, 0.1) is 18.3 Å². The molecule has 0 aliphatic carbocycles. The van der Waals surface area contributed by atoms with E-state index >= 15 is 0 Å². The first-order valence-electron chi connectivity index (χ1n) is 4.52. The van der Waals surface area contributed by atoms with Gasteiger partial charge in [-0.1, -0.05) is 13.0 Å². The molecule has 0 saturated carbocycles. The van der Waals surface area contributed by atoms with Gasteiger partial charge in [0.05, 0.1) is 11.3 Å². The quantitative estimate of drug-likeness (QED) is 0.764. The zero-order valence-corrected chi connectivity index (χ0v) is 8.09. The molecule has 0 unspecified atom stereocenters. The third-order valence-corrected chi connectivity index (χ3v) is 1.86. The lowest BCUT2D eigenvalue weighted by atomic mass is 10.1. The smallest absolute Gasteiger partial charge is 0.101 e. The van der Waals surface area contributed by atoms with Crippen LogP contribution in [0.4, 0.5) is 5.69 Å². The minimum absolute atomic E-state index is 0.721. The maximum Gasteiger partial charge on any atom is 0.101 e. The molecule has 0 aliphatic heterocycles. The van der Waals surface area contributed by atoms with Crippen LogP contribution < -0.4 is 5.32 Å². The van der Waals surface area contributed by atoms with E-state index in [4.69, 9.17) is 5.26 Å². The lowest BCUT2D eigenvalue weighted by Gasteiger charge is -2.07. The molecule has 0 saturated heterocycles. The SMILES string of the molecule is CCCNc1cc(C)ccc1C#N. The number of aryl methyl sites for hydroxylation is 1. The van der Waals surface area contributed by atoms with E-state index in [0.29, 0.717) is 0 Å². The second-order valence-corrected chi connectivity index (χ2v) is 3.09. The highest BCUT2D eigenvalue weighted by molar-refractivity contribution is 5.58. The van der Waals surface area contributed by atoms with Crippen molar-refractivity contribution in [1.29, 1.82) is 5.26 Å². The molecule has 0 aromatic heterocycles. The number of hydrogen-bond acceptors (Lipinski definition) is 2. The summed E-state index contributed by atoms with van der Waals surface area (Å²) in [5, 5.41) is 12.1. The maximum absolute atomic E-state index is 8.82. The second-order valence-electron chi connectivity index (χ2n) is 3.09. The Morgan fingerprint density at radius 3 is 2.85 bits per heavy atom. The molecule has 0 spiro atoms. The summed E-state index contributed by atoms with van der Waals surface area (Å²) in [6.07, 6.45) is 1.07. The Morgan fingerprint density at radius 1 is 1.46 bits per heavy atom. The predicted molar refractivity (Wildman–Crippen MR) is 54.7 cm³/mol. The fourth-order valence-electron chi connectivity index (χ4n) is 1.16. The van der Waals surface area contributed by atoms with E-state index in [0.717, 1.165) is 24.2 Å². The van der Waals surface area contributed by atoms with Crippen molar-refractivity contribution in [2.45, 2.75) is 20.3 Å². The molecular formula is C11H14N2. The Hall–Kier alpha value is -1.49. The number of anilines is 1. The fraction of sp³-hybridized carbons (Fsp3) is 0.364. The Balaban J connectivity index is 2.89. The average Bonchev–Trinajstić information content (AvgIpc) is 2.15. The van der Waals surface area contributed by atoms with Gasteiger partial charge in [0, 0.05) is 6.54 Å². The number of hydrogen-bond donors (Lipinski definition) is 1. The molecular weight excluding hydrogens is 160 g/mol. The second kappa shape index (κ2) is 4.51. The maximum atomic E-state index is 8.82. The molecule has 1 N–H and O–H groups in total. The number of rotatable bonds is 3. The van der Waals surface area contributed by atoms with Crippen molar-refractivity contribution in [3.8, 4) is 6.07 Å². The number of nitrogens with zero attached hydrogens (tertiary/aromatic N) is 1. The molecule has 2 nitrogen and oxygen atoms in total. The van der Waals surface area contributed by atoms with Crippen LogP contribution in [0.1, 0.15) is 24.5 Å². The summed E-state index contributed by atoms with van der Waals surface area (Å²) in [4.78, 5) is 0. The van der Waals surface area contributed by atoms with Gasteiger partial charge >= 0.3 is 0 Å². The molecule has 0 aliphatic rings. The number of nitrogens with one attached hydrogen (secondary N) is 1. The van der Waals surface area contributed by atoms with Crippen LogP contribution in [0.25, 0.3) is 0 Å². The molecule has 13 heavy (non-hydrogen) atoms. The largest absolute Gasteiger partial charge is 0.384 e. The first kappa shape index (κ1) is 9.60. The standard InChI is InChI=1S/C11H14N2/c1-3-6-13-11-7-9(2)4-5-10(11)8-12/h4-5,7,13H,3,6H2,1-2H3. The van der Waals surface area contributed by atoms with E-state index in [1.165, 1.54) is 5.56 Å². The Kier molecular flexibility index (Phi) is 3.33. The first-order chi connectivity index (χ1) is 6.27. The predicted octanol–water partition coefficient (Wildman–Crippen LogP) is 2.69. The van der Waals surface area contributed by atoms with Gasteiger partial charge in [0.15, 0.2) is 0 Å². The van der Waals surface area contributed by atoms with E-state index < -0.39 is 0 Å². The van der Waals surface area contributed by atoms with Crippen LogP contribution in [0.3, 0.4) is 0 Å². The molecule has 1 aromatic rings. The summed E-state index contributed by atoms with van der Waals surface area (Å²) in [6, 6.07) is 7.99. The highest BCUT2D eigenvalue weighted by Crippen LogP contribution is 2.16. The third-order valence-electron chi connectivity index (χ3n) is 1.86. The lowest BCUT2D eigenvalue weighted by molar-refractivity contribution is 0.978. The topological polar surface area (TPSA) is 35.8 Å². The van der Waals surface area contributed by atoms with Gasteiger partial charge in [0.2, 0.25) is 0 Å². The molecule has 2 heteroatoms. The monoisotopic (exact) mass is 174 g/mol. The molecule has 1 rings (SSSR count). The summed E-state index contributed by atoms with van der Waals surface area (Å²) >= 11 is 0. The van der Waals surface area contributed by atoms with Gasteiger partial charge in [-0.25, -0.2) is 0 Å². The van der Waals surface area contributed by atoms with Crippen LogP contribution in [0.5, 0.6) is 0 Å². The number of nitriles is 1. The van der Waals surface area contributed by atoms with Crippen molar-refractivity contribution in [3.63, 3.8) is 0 Å². The molecule has 1 aromatic carbocycles. The molecule has 0 fully saturated rings. The molecule has 0 bridgehead atoms. The third kappa shape index (κ3) is 2.48. The van der Waals surface area contributed by atoms with E-state index in [1.807, 2.05) is 25.1 Å². The minimum Gasteiger partial charge on any atom is -0.384 e.